The third kappa shape index (κ3) is 3.37. The van der Waals surface area contributed by atoms with Crippen LogP contribution in [0, 0.1) is 0 Å². The highest BCUT2D eigenvalue weighted by atomic mass is 16.3. The zero-order chi connectivity index (χ0) is 21.5. The van der Waals surface area contributed by atoms with Crippen LogP contribution < -0.4 is 5.32 Å². The molecule has 2 N–H and O–H groups in total. The minimum Gasteiger partial charge on any atom is -0.508 e. The molecule has 2 amide bonds. The summed E-state index contributed by atoms with van der Waals surface area (Å²) < 4.78 is 2.98. The Morgan fingerprint density at radius 3 is 2.74 bits per heavy atom. The number of phenols is 1. The van der Waals surface area contributed by atoms with E-state index in [4.69, 9.17) is 0 Å². The molecular weight excluding hydrogens is 398 g/mol. The van der Waals surface area contributed by atoms with Gasteiger partial charge >= 0.3 is 0 Å². The number of hydrogen-bond acceptors (Lipinski definition) is 6. The molecule has 4 aromatic rings. The van der Waals surface area contributed by atoms with E-state index in [1.54, 1.807) is 59.1 Å². The molecule has 0 saturated carbocycles. The summed E-state index contributed by atoms with van der Waals surface area (Å²) in [4.78, 5) is 31.7. The number of carbonyl (C=O) groups is 2. The summed E-state index contributed by atoms with van der Waals surface area (Å²) in [5.74, 6) is -0.0355. The number of aryl methyl sites for hydroxylation is 1. The highest BCUT2D eigenvalue weighted by Crippen LogP contribution is 2.22. The first-order chi connectivity index (χ1) is 15.0. The number of rotatable bonds is 4. The lowest BCUT2D eigenvalue weighted by atomic mass is 10.1. The predicted octanol–water partition coefficient (Wildman–Crippen LogP) is 1.93. The quantitative estimate of drug-likeness (QED) is 0.524. The van der Waals surface area contributed by atoms with E-state index in [0.717, 1.165) is 6.42 Å². The third-order valence-corrected chi connectivity index (χ3v) is 5.23. The van der Waals surface area contributed by atoms with Gasteiger partial charge in [-0.2, -0.15) is 5.10 Å². The maximum atomic E-state index is 12.9. The van der Waals surface area contributed by atoms with E-state index in [1.165, 1.54) is 10.9 Å². The van der Waals surface area contributed by atoms with Crippen molar-refractivity contribution in [3.05, 3.63) is 60.0 Å². The Kier molecular flexibility index (Phi) is 4.39. The molecule has 1 aliphatic rings. The van der Waals surface area contributed by atoms with E-state index < -0.39 is 5.91 Å². The Hall–Kier alpha value is -4.21. The van der Waals surface area contributed by atoms with Crippen LogP contribution in [0.4, 0.5) is 5.69 Å². The second-order valence-electron chi connectivity index (χ2n) is 7.33. The van der Waals surface area contributed by atoms with Crippen molar-refractivity contribution in [1.82, 2.24) is 29.3 Å². The fraction of sp³-hybridized carbons (Fsp3) is 0.190. The zero-order valence-corrected chi connectivity index (χ0v) is 16.7. The van der Waals surface area contributed by atoms with Crippen LogP contribution in [0.25, 0.3) is 17.0 Å². The monoisotopic (exact) mass is 417 g/mol. The first-order valence-electron chi connectivity index (χ1n) is 9.78. The molecule has 31 heavy (non-hydrogen) atoms. The number of anilines is 1. The number of carbonyl (C=O) groups excluding carboxylic acids is 2. The molecule has 0 atom stereocenters. The molecule has 3 aromatic heterocycles. The summed E-state index contributed by atoms with van der Waals surface area (Å²) in [5, 5.41) is 21.0. The molecule has 156 valence electrons. The van der Waals surface area contributed by atoms with Crippen LogP contribution in [0.5, 0.6) is 5.75 Å². The van der Waals surface area contributed by atoms with Crippen LogP contribution in [0.3, 0.4) is 0 Å². The van der Waals surface area contributed by atoms with Gasteiger partial charge < -0.3 is 15.3 Å². The molecule has 0 bridgehead atoms. The Balaban J connectivity index is 1.41. The molecule has 1 aromatic carbocycles. The topological polar surface area (TPSA) is 118 Å². The average Bonchev–Trinajstić information content (AvgIpc) is 3.29. The van der Waals surface area contributed by atoms with Crippen LogP contribution >= 0.6 is 0 Å². The fourth-order valence-electron chi connectivity index (χ4n) is 3.47. The van der Waals surface area contributed by atoms with Crippen molar-refractivity contribution in [2.24, 2.45) is 7.05 Å². The molecule has 10 heteroatoms. The predicted molar refractivity (Wildman–Crippen MR) is 112 cm³/mol. The second kappa shape index (κ2) is 7.24. The number of aromatic nitrogens is 5. The maximum Gasteiger partial charge on any atom is 0.274 e. The van der Waals surface area contributed by atoms with Crippen molar-refractivity contribution in [2.75, 3.05) is 18.4 Å². The number of aromatic hydroxyl groups is 1. The van der Waals surface area contributed by atoms with Crippen LogP contribution in [-0.4, -0.2) is 59.3 Å². The Morgan fingerprint density at radius 2 is 2.00 bits per heavy atom. The largest absolute Gasteiger partial charge is 0.508 e. The molecule has 1 aliphatic heterocycles. The molecule has 1 saturated heterocycles. The van der Waals surface area contributed by atoms with Crippen molar-refractivity contribution in [2.45, 2.75) is 6.42 Å². The number of likely N-dealkylation sites (tertiary alicyclic amines) is 1. The number of nitrogens with zero attached hydrogens (tertiary/aromatic N) is 6. The number of benzene rings is 1. The lowest BCUT2D eigenvalue weighted by Crippen LogP contribution is -2.42. The Labute approximate surface area is 176 Å². The second-order valence-corrected chi connectivity index (χ2v) is 7.33. The molecule has 10 nitrogen and oxygen atoms in total. The van der Waals surface area contributed by atoms with Gasteiger partial charge in [0, 0.05) is 43.7 Å². The molecule has 0 spiro atoms. The van der Waals surface area contributed by atoms with Crippen molar-refractivity contribution < 1.29 is 14.7 Å². The number of nitrogens with one attached hydrogen (secondary N) is 1. The van der Waals surface area contributed by atoms with Crippen molar-refractivity contribution >= 4 is 23.1 Å². The van der Waals surface area contributed by atoms with Gasteiger partial charge in [0.25, 0.3) is 11.8 Å². The summed E-state index contributed by atoms with van der Waals surface area (Å²) in [6.07, 6.45) is 4.08. The maximum absolute atomic E-state index is 12.9. The molecule has 1 fully saturated rings. The Morgan fingerprint density at radius 1 is 1.16 bits per heavy atom. The Bertz CT molecular complexity index is 1320. The number of phenolic OH excluding ortho intramolecular Hbond substituents is 1. The summed E-state index contributed by atoms with van der Waals surface area (Å²) in [5.41, 5.74) is 2.21. The standard InChI is InChI=1S/C21H19N7O3/c1-26-18(16(12-22-26)21(31)27-7-3-8-27)20(30)23-14-6-9-28-17(11-14)24-19(25-28)13-4-2-5-15(29)10-13/h2,4-6,9-12,29H,3,7-8H2,1H3,(H,23,30). The van der Waals surface area contributed by atoms with Gasteiger partial charge in [0.1, 0.15) is 11.4 Å². The summed E-state index contributed by atoms with van der Waals surface area (Å²) >= 11 is 0. The lowest BCUT2D eigenvalue weighted by molar-refractivity contribution is 0.0648. The summed E-state index contributed by atoms with van der Waals surface area (Å²) in [6.45, 7) is 1.39. The van der Waals surface area contributed by atoms with Crippen LogP contribution in [0.15, 0.2) is 48.8 Å². The minimum absolute atomic E-state index is 0.129. The van der Waals surface area contributed by atoms with Crippen LogP contribution in [0.1, 0.15) is 27.3 Å². The van der Waals surface area contributed by atoms with Crippen molar-refractivity contribution in [3.8, 4) is 17.1 Å². The van der Waals surface area contributed by atoms with E-state index in [-0.39, 0.29) is 22.9 Å². The van der Waals surface area contributed by atoms with E-state index in [0.29, 0.717) is 35.8 Å². The van der Waals surface area contributed by atoms with E-state index in [1.807, 2.05) is 0 Å². The average molecular weight is 417 g/mol. The van der Waals surface area contributed by atoms with Gasteiger partial charge in [0.15, 0.2) is 11.5 Å². The highest BCUT2D eigenvalue weighted by molar-refractivity contribution is 6.11. The molecule has 0 unspecified atom stereocenters. The van der Waals surface area contributed by atoms with Crippen LogP contribution in [0.2, 0.25) is 0 Å². The molecule has 4 heterocycles. The van der Waals surface area contributed by atoms with Crippen molar-refractivity contribution in [1.29, 1.82) is 0 Å². The van der Waals surface area contributed by atoms with Crippen molar-refractivity contribution in [3.63, 3.8) is 0 Å². The lowest BCUT2D eigenvalue weighted by Gasteiger charge is -2.30. The van der Waals surface area contributed by atoms with E-state index in [9.17, 15) is 14.7 Å². The number of pyridine rings is 1. The van der Waals surface area contributed by atoms with E-state index >= 15 is 0 Å². The smallest absolute Gasteiger partial charge is 0.274 e. The van der Waals surface area contributed by atoms with Gasteiger partial charge in [-0.1, -0.05) is 12.1 Å². The molecule has 0 radical (unpaired) electrons. The normalized spacial score (nSPS) is 13.3. The highest BCUT2D eigenvalue weighted by Gasteiger charge is 2.28. The van der Waals surface area contributed by atoms with Gasteiger partial charge in [0.05, 0.1) is 11.8 Å². The summed E-state index contributed by atoms with van der Waals surface area (Å²) in [6, 6.07) is 10.1. The van der Waals surface area contributed by atoms with Gasteiger partial charge in [-0.25, -0.2) is 9.50 Å². The number of amides is 2. The van der Waals surface area contributed by atoms with Gasteiger partial charge in [-0.05, 0) is 24.6 Å². The SMILES string of the molecule is Cn1ncc(C(=O)N2CCC2)c1C(=O)Nc1ccn2nc(-c3cccc(O)c3)nc2c1. The first-order valence-corrected chi connectivity index (χ1v) is 9.78. The number of hydrogen-bond donors (Lipinski definition) is 2. The first kappa shape index (κ1) is 18.8. The molecule has 0 aliphatic carbocycles. The molecule has 5 rings (SSSR count). The summed E-state index contributed by atoms with van der Waals surface area (Å²) in [7, 11) is 1.63. The minimum atomic E-state index is -0.430. The van der Waals surface area contributed by atoms with Gasteiger partial charge in [-0.3, -0.25) is 14.3 Å². The van der Waals surface area contributed by atoms with E-state index in [2.05, 4.69) is 20.5 Å². The number of fused-ring (bicyclic) bond motifs is 1. The fourth-order valence-corrected chi connectivity index (χ4v) is 3.47. The van der Waals surface area contributed by atoms with Crippen LogP contribution in [-0.2, 0) is 7.05 Å². The van der Waals surface area contributed by atoms with Gasteiger partial charge in [-0.15, -0.1) is 5.10 Å². The third-order valence-electron chi connectivity index (χ3n) is 5.23. The van der Waals surface area contributed by atoms with Gasteiger partial charge in [0.2, 0.25) is 0 Å². The zero-order valence-electron chi connectivity index (χ0n) is 16.7. The molecular formula is C21H19N7O3.